The van der Waals surface area contributed by atoms with Crippen LogP contribution in [0.4, 0.5) is 5.82 Å². The Morgan fingerprint density at radius 3 is 2.65 bits per heavy atom. The average Bonchev–Trinajstić information content (AvgIpc) is 2.62. The first kappa shape index (κ1) is 13.8. The van der Waals surface area contributed by atoms with Gasteiger partial charge in [0, 0.05) is 30.4 Å². The fourth-order valence-corrected chi connectivity index (χ4v) is 3.64. The summed E-state index contributed by atoms with van der Waals surface area (Å²) in [6.07, 6.45) is 4.10. The molecule has 1 aromatic rings. The van der Waals surface area contributed by atoms with Crippen LogP contribution in [-0.2, 0) is 6.54 Å². The second kappa shape index (κ2) is 5.66. The number of fused-ring (bicyclic) bond motifs is 2. The SMILES string of the molecule is CCNc1cc(C)nc(CN2C3CCC2CC(O)C3)n1. The van der Waals surface area contributed by atoms with Crippen molar-refractivity contribution < 1.29 is 5.11 Å². The van der Waals surface area contributed by atoms with Crippen molar-refractivity contribution in [3.05, 3.63) is 17.6 Å². The predicted molar refractivity (Wildman–Crippen MR) is 78.5 cm³/mol. The molecule has 0 amide bonds. The van der Waals surface area contributed by atoms with Crippen LogP contribution >= 0.6 is 0 Å². The smallest absolute Gasteiger partial charge is 0.144 e. The van der Waals surface area contributed by atoms with Gasteiger partial charge in [0.2, 0.25) is 0 Å². The van der Waals surface area contributed by atoms with Crippen molar-refractivity contribution in [1.82, 2.24) is 14.9 Å². The number of aromatic nitrogens is 2. The number of nitrogens with zero attached hydrogens (tertiary/aromatic N) is 3. The monoisotopic (exact) mass is 276 g/mol. The van der Waals surface area contributed by atoms with E-state index in [0.717, 1.165) is 43.3 Å². The highest BCUT2D eigenvalue weighted by molar-refractivity contribution is 5.35. The molecule has 0 aliphatic carbocycles. The molecule has 0 spiro atoms. The first-order chi connectivity index (χ1) is 9.65. The highest BCUT2D eigenvalue weighted by Crippen LogP contribution is 2.36. The lowest BCUT2D eigenvalue weighted by Crippen LogP contribution is -2.44. The molecule has 2 aliphatic heterocycles. The molecule has 5 nitrogen and oxygen atoms in total. The Hall–Kier alpha value is -1.20. The zero-order chi connectivity index (χ0) is 14.1. The van der Waals surface area contributed by atoms with Gasteiger partial charge in [0.1, 0.15) is 11.6 Å². The number of piperidine rings is 1. The van der Waals surface area contributed by atoms with Crippen molar-refractivity contribution in [2.75, 3.05) is 11.9 Å². The standard InChI is InChI=1S/C15H24N4O/c1-3-16-14-6-10(2)17-15(18-14)9-19-11-4-5-12(19)8-13(20)7-11/h6,11-13,20H,3-5,7-9H2,1-2H3,(H,16,17,18). The molecule has 2 bridgehead atoms. The minimum Gasteiger partial charge on any atom is -0.393 e. The first-order valence-electron chi connectivity index (χ1n) is 7.68. The molecule has 110 valence electrons. The molecule has 1 aromatic heterocycles. The van der Waals surface area contributed by atoms with E-state index in [4.69, 9.17) is 0 Å². The van der Waals surface area contributed by atoms with E-state index < -0.39 is 0 Å². The molecule has 2 fully saturated rings. The van der Waals surface area contributed by atoms with Gasteiger partial charge in [-0.2, -0.15) is 0 Å². The van der Waals surface area contributed by atoms with Crippen LogP contribution < -0.4 is 5.32 Å². The highest BCUT2D eigenvalue weighted by Gasteiger charge is 2.40. The van der Waals surface area contributed by atoms with E-state index in [2.05, 4.69) is 27.1 Å². The number of aliphatic hydroxyl groups excluding tert-OH is 1. The summed E-state index contributed by atoms with van der Waals surface area (Å²) >= 11 is 0. The third-order valence-corrected chi connectivity index (χ3v) is 4.44. The van der Waals surface area contributed by atoms with Gasteiger partial charge in [-0.15, -0.1) is 0 Å². The van der Waals surface area contributed by atoms with Gasteiger partial charge < -0.3 is 10.4 Å². The van der Waals surface area contributed by atoms with E-state index in [-0.39, 0.29) is 6.10 Å². The number of aliphatic hydroxyl groups is 1. The van der Waals surface area contributed by atoms with Crippen molar-refractivity contribution in [3.8, 4) is 0 Å². The van der Waals surface area contributed by atoms with E-state index in [1.54, 1.807) is 0 Å². The van der Waals surface area contributed by atoms with E-state index in [9.17, 15) is 5.11 Å². The summed E-state index contributed by atoms with van der Waals surface area (Å²) in [5, 5.41) is 13.1. The Balaban J connectivity index is 1.75. The number of hydrogen-bond acceptors (Lipinski definition) is 5. The Kier molecular flexibility index (Phi) is 3.89. The molecular weight excluding hydrogens is 252 g/mol. The summed E-state index contributed by atoms with van der Waals surface area (Å²) in [7, 11) is 0. The highest BCUT2D eigenvalue weighted by atomic mass is 16.3. The van der Waals surface area contributed by atoms with Crippen molar-refractivity contribution in [1.29, 1.82) is 0 Å². The summed E-state index contributed by atoms with van der Waals surface area (Å²) in [4.78, 5) is 11.7. The quantitative estimate of drug-likeness (QED) is 0.876. The number of nitrogens with one attached hydrogen (secondary N) is 1. The maximum absolute atomic E-state index is 9.86. The van der Waals surface area contributed by atoms with Gasteiger partial charge >= 0.3 is 0 Å². The zero-order valence-electron chi connectivity index (χ0n) is 12.3. The molecule has 0 radical (unpaired) electrons. The zero-order valence-corrected chi connectivity index (χ0v) is 12.3. The topological polar surface area (TPSA) is 61.3 Å². The van der Waals surface area contributed by atoms with Crippen LogP contribution in [-0.4, -0.2) is 44.7 Å². The maximum atomic E-state index is 9.86. The van der Waals surface area contributed by atoms with E-state index in [0.29, 0.717) is 12.1 Å². The molecule has 0 aromatic carbocycles. The Morgan fingerprint density at radius 1 is 1.30 bits per heavy atom. The lowest BCUT2D eigenvalue weighted by atomic mass is 10.00. The molecule has 2 aliphatic rings. The summed E-state index contributed by atoms with van der Waals surface area (Å²) in [6.45, 7) is 5.77. The fourth-order valence-electron chi connectivity index (χ4n) is 3.64. The maximum Gasteiger partial charge on any atom is 0.144 e. The molecule has 0 saturated carbocycles. The van der Waals surface area contributed by atoms with Crippen LogP contribution in [0.25, 0.3) is 0 Å². The second-order valence-corrected chi connectivity index (χ2v) is 6.02. The summed E-state index contributed by atoms with van der Waals surface area (Å²) in [5.74, 6) is 1.81. The normalized spacial score (nSPS) is 29.6. The van der Waals surface area contributed by atoms with Crippen molar-refractivity contribution in [2.24, 2.45) is 0 Å². The molecule has 3 heterocycles. The summed E-state index contributed by atoms with van der Waals surface area (Å²) < 4.78 is 0. The van der Waals surface area contributed by atoms with Crippen LogP contribution in [0, 0.1) is 6.92 Å². The first-order valence-corrected chi connectivity index (χ1v) is 7.68. The Labute approximate surface area is 120 Å². The van der Waals surface area contributed by atoms with Crippen LogP contribution in [0.15, 0.2) is 6.07 Å². The lowest BCUT2D eigenvalue weighted by Gasteiger charge is -2.36. The molecule has 2 atom stereocenters. The summed E-state index contributed by atoms with van der Waals surface area (Å²) in [5.41, 5.74) is 1.01. The van der Waals surface area contributed by atoms with E-state index >= 15 is 0 Å². The number of anilines is 1. The molecule has 2 N–H and O–H groups in total. The van der Waals surface area contributed by atoms with Gasteiger partial charge in [0.05, 0.1) is 12.6 Å². The third kappa shape index (κ3) is 2.79. The fraction of sp³-hybridized carbons (Fsp3) is 0.733. The molecular formula is C15H24N4O. The predicted octanol–water partition coefficient (Wildman–Crippen LogP) is 1.70. The van der Waals surface area contributed by atoms with Gasteiger partial charge in [0.25, 0.3) is 0 Å². The average molecular weight is 276 g/mol. The third-order valence-electron chi connectivity index (χ3n) is 4.44. The van der Waals surface area contributed by atoms with Crippen molar-refractivity contribution >= 4 is 5.82 Å². The largest absolute Gasteiger partial charge is 0.393 e. The number of rotatable bonds is 4. The minimum atomic E-state index is -0.112. The van der Waals surface area contributed by atoms with Gasteiger partial charge in [-0.3, -0.25) is 4.90 Å². The van der Waals surface area contributed by atoms with Crippen LogP contribution in [0.5, 0.6) is 0 Å². The van der Waals surface area contributed by atoms with Gasteiger partial charge in [-0.05, 0) is 39.5 Å². The van der Waals surface area contributed by atoms with Gasteiger partial charge in [0.15, 0.2) is 0 Å². The Morgan fingerprint density at radius 2 is 2.00 bits per heavy atom. The number of hydrogen-bond donors (Lipinski definition) is 2. The van der Waals surface area contributed by atoms with Crippen LogP contribution in [0.1, 0.15) is 44.1 Å². The number of aryl methyl sites for hydroxylation is 1. The summed E-state index contributed by atoms with van der Waals surface area (Å²) in [6, 6.07) is 3.01. The molecule has 2 saturated heterocycles. The minimum absolute atomic E-state index is 0.112. The van der Waals surface area contributed by atoms with Gasteiger partial charge in [-0.25, -0.2) is 9.97 Å². The van der Waals surface area contributed by atoms with Crippen molar-refractivity contribution in [3.63, 3.8) is 0 Å². The van der Waals surface area contributed by atoms with Crippen molar-refractivity contribution in [2.45, 2.75) is 64.3 Å². The molecule has 5 heteroatoms. The molecule has 2 unspecified atom stereocenters. The van der Waals surface area contributed by atoms with E-state index in [1.807, 2.05) is 13.0 Å². The second-order valence-electron chi connectivity index (χ2n) is 6.02. The van der Waals surface area contributed by atoms with Crippen LogP contribution in [0.3, 0.4) is 0 Å². The van der Waals surface area contributed by atoms with Crippen LogP contribution in [0.2, 0.25) is 0 Å². The lowest BCUT2D eigenvalue weighted by molar-refractivity contribution is 0.0296. The van der Waals surface area contributed by atoms with E-state index in [1.165, 1.54) is 12.8 Å². The molecule has 3 rings (SSSR count). The Bertz CT molecular complexity index is 465. The van der Waals surface area contributed by atoms with Gasteiger partial charge in [-0.1, -0.05) is 0 Å². The molecule has 20 heavy (non-hydrogen) atoms.